The fourth-order valence-electron chi connectivity index (χ4n) is 1.98. The first-order chi connectivity index (χ1) is 7.22. The molecule has 0 aliphatic heterocycles. The number of hydrogen-bond donors (Lipinski definition) is 0. The first kappa shape index (κ1) is 10.5. The van der Waals surface area contributed by atoms with Crippen molar-refractivity contribution in [3.63, 3.8) is 0 Å². The Balaban J connectivity index is 2.30. The monoisotopic (exact) mass is 203 g/mol. The van der Waals surface area contributed by atoms with Crippen molar-refractivity contribution >= 4 is 0 Å². The molecule has 1 aliphatic carbocycles. The minimum atomic E-state index is 0.741. The van der Waals surface area contributed by atoms with Gasteiger partial charge in [-0.3, -0.25) is 0 Å². The molecule has 1 nitrogen and oxygen atoms in total. The molecule has 0 heterocycles. The third-order valence-electron chi connectivity index (χ3n) is 2.89. The van der Waals surface area contributed by atoms with Gasteiger partial charge in [0.25, 0.3) is 0 Å². The third kappa shape index (κ3) is 2.34. The summed E-state index contributed by atoms with van der Waals surface area (Å²) in [5.74, 6) is 3.20. The van der Waals surface area contributed by atoms with Crippen LogP contribution >= 0.6 is 0 Å². The molecule has 2 rings (SSSR count). The minimum absolute atomic E-state index is 0.741. The summed E-state index contributed by atoms with van der Waals surface area (Å²) in [7, 11) is 0. The SMILES string of the molecule is CCOc1ccc(C2CC2)c([C](C)C)c1. The lowest BCUT2D eigenvalue weighted by Crippen LogP contribution is -1.98. The summed E-state index contributed by atoms with van der Waals surface area (Å²) >= 11 is 0. The van der Waals surface area contributed by atoms with Crippen molar-refractivity contribution in [2.75, 3.05) is 6.61 Å². The highest BCUT2D eigenvalue weighted by Crippen LogP contribution is 2.43. The molecule has 15 heavy (non-hydrogen) atoms. The molecule has 0 atom stereocenters. The van der Waals surface area contributed by atoms with Crippen molar-refractivity contribution < 1.29 is 4.74 Å². The Morgan fingerprint density at radius 2 is 2.07 bits per heavy atom. The van der Waals surface area contributed by atoms with Gasteiger partial charge in [-0.15, -0.1) is 0 Å². The summed E-state index contributed by atoms with van der Waals surface area (Å²) in [6, 6.07) is 6.53. The van der Waals surface area contributed by atoms with Crippen molar-refractivity contribution in [1.82, 2.24) is 0 Å². The number of ether oxygens (including phenoxy) is 1. The standard InChI is InChI=1S/C14H19O/c1-4-15-12-7-8-13(11-5-6-11)14(9-12)10(2)3/h7-9,11H,4-6H2,1-3H3. The third-order valence-corrected chi connectivity index (χ3v) is 2.89. The van der Waals surface area contributed by atoms with Crippen LogP contribution < -0.4 is 4.74 Å². The van der Waals surface area contributed by atoms with E-state index in [1.165, 1.54) is 29.9 Å². The first-order valence-corrected chi connectivity index (χ1v) is 5.79. The van der Waals surface area contributed by atoms with Gasteiger partial charge in [-0.25, -0.2) is 0 Å². The maximum absolute atomic E-state index is 5.54. The molecule has 0 aromatic heterocycles. The summed E-state index contributed by atoms with van der Waals surface area (Å²) in [5.41, 5.74) is 2.90. The lowest BCUT2D eigenvalue weighted by atomic mass is 9.94. The van der Waals surface area contributed by atoms with Crippen molar-refractivity contribution in [2.45, 2.75) is 39.5 Å². The topological polar surface area (TPSA) is 9.23 Å². The second-order valence-corrected chi connectivity index (χ2v) is 4.46. The van der Waals surface area contributed by atoms with Gasteiger partial charge < -0.3 is 4.74 Å². The second-order valence-electron chi connectivity index (χ2n) is 4.46. The molecular formula is C14H19O. The van der Waals surface area contributed by atoms with Crippen molar-refractivity contribution in [1.29, 1.82) is 0 Å². The largest absolute Gasteiger partial charge is 0.494 e. The molecule has 0 saturated heterocycles. The van der Waals surface area contributed by atoms with Crippen molar-refractivity contribution in [2.24, 2.45) is 0 Å². The van der Waals surface area contributed by atoms with Gasteiger partial charge in [0.15, 0.2) is 0 Å². The molecule has 0 N–H and O–H groups in total. The van der Waals surface area contributed by atoms with Gasteiger partial charge >= 0.3 is 0 Å². The van der Waals surface area contributed by atoms with Crippen LogP contribution in [0.5, 0.6) is 5.75 Å². The van der Waals surface area contributed by atoms with E-state index in [9.17, 15) is 0 Å². The van der Waals surface area contributed by atoms with Crippen LogP contribution in [0.25, 0.3) is 0 Å². The Bertz CT molecular complexity index is 337. The van der Waals surface area contributed by atoms with Gasteiger partial charge in [0.2, 0.25) is 0 Å². The number of rotatable bonds is 4. The van der Waals surface area contributed by atoms with E-state index in [2.05, 4.69) is 32.0 Å². The van der Waals surface area contributed by atoms with Gasteiger partial charge in [0.05, 0.1) is 6.61 Å². The molecule has 1 fully saturated rings. The van der Waals surface area contributed by atoms with Crippen LogP contribution in [0.1, 0.15) is 50.7 Å². The lowest BCUT2D eigenvalue weighted by molar-refractivity contribution is 0.340. The van der Waals surface area contributed by atoms with Crippen LogP contribution in [0.15, 0.2) is 18.2 Å². The summed E-state index contributed by atoms with van der Waals surface area (Å²) in [6.45, 7) is 7.12. The molecule has 0 amide bonds. The summed E-state index contributed by atoms with van der Waals surface area (Å²) < 4.78 is 5.54. The van der Waals surface area contributed by atoms with Gasteiger partial charge in [0, 0.05) is 0 Å². The average molecular weight is 203 g/mol. The van der Waals surface area contributed by atoms with E-state index in [4.69, 9.17) is 4.74 Å². The van der Waals surface area contributed by atoms with Crippen molar-refractivity contribution in [3.8, 4) is 5.75 Å². The highest BCUT2D eigenvalue weighted by molar-refractivity contribution is 5.45. The fourth-order valence-corrected chi connectivity index (χ4v) is 1.98. The predicted molar refractivity (Wildman–Crippen MR) is 63.3 cm³/mol. The van der Waals surface area contributed by atoms with E-state index >= 15 is 0 Å². The smallest absolute Gasteiger partial charge is 0.119 e. The van der Waals surface area contributed by atoms with E-state index in [0.717, 1.165) is 18.3 Å². The predicted octanol–water partition coefficient (Wildman–Crippen LogP) is 3.93. The maximum Gasteiger partial charge on any atom is 0.119 e. The quantitative estimate of drug-likeness (QED) is 0.720. The highest BCUT2D eigenvalue weighted by Gasteiger charge is 2.26. The Labute approximate surface area is 92.5 Å². The van der Waals surface area contributed by atoms with Crippen LogP contribution in [0, 0.1) is 5.92 Å². The minimum Gasteiger partial charge on any atom is -0.494 e. The van der Waals surface area contributed by atoms with E-state index in [1.54, 1.807) is 0 Å². The molecule has 0 spiro atoms. The van der Waals surface area contributed by atoms with Gasteiger partial charge in [0.1, 0.15) is 5.75 Å². The normalized spacial score (nSPS) is 15.7. The first-order valence-electron chi connectivity index (χ1n) is 5.79. The molecule has 1 aromatic rings. The summed E-state index contributed by atoms with van der Waals surface area (Å²) in [6.07, 6.45) is 2.71. The average Bonchev–Trinajstić information content (AvgIpc) is 3.01. The van der Waals surface area contributed by atoms with E-state index in [-0.39, 0.29) is 0 Å². The zero-order valence-electron chi connectivity index (χ0n) is 9.84. The molecule has 1 radical (unpaired) electrons. The van der Waals surface area contributed by atoms with Crippen LogP contribution in [0.4, 0.5) is 0 Å². The highest BCUT2D eigenvalue weighted by atomic mass is 16.5. The Morgan fingerprint density at radius 1 is 1.33 bits per heavy atom. The molecule has 1 heteroatoms. The molecule has 0 unspecified atom stereocenters. The molecule has 1 saturated carbocycles. The molecule has 1 aliphatic rings. The van der Waals surface area contributed by atoms with E-state index < -0.39 is 0 Å². The molecule has 1 aromatic carbocycles. The van der Waals surface area contributed by atoms with Gasteiger partial charge in [-0.1, -0.05) is 19.9 Å². The fraction of sp³-hybridized carbons (Fsp3) is 0.500. The molecule has 0 bridgehead atoms. The van der Waals surface area contributed by atoms with Crippen molar-refractivity contribution in [3.05, 3.63) is 35.2 Å². The van der Waals surface area contributed by atoms with Crippen LogP contribution in [-0.4, -0.2) is 6.61 Å². The number of hydrogen-bond acceptors (Lipinski definition) is 1. The van der Waals surface area contributed by atoms with Crippen LogP contribution in [-0.2, 0) is 0 Å². The van der Waals surface area contributed by atoms with Gasteiger partial charge in [-0.05, 0) is 54.9 Å². The Kier molecular flexibility index (Phi) is 2.99. The van der Waals surface area contributed by atoms with Crippen LogP contribution in [0.2, 0.25) is 0 Å². The van der Waals surface area contributed by atoms with E-state index in [0.29, 0.717) is 0 Å². The lowest BCUT2D eigenvalue weighted by Gasteiger charge is -2.14. The molecular weight excluding hydrogens is 184 g/mol. The zero-order valence-corrected chi connectivity index (χ0v) is 9.84. The zero-order chi connectivity index (χ0) is 10.8. The van der Waals surface area contributed by atoms with E-state index in [1.807, 2.05) is 6.92 Å². The van der Waals surface area contributed by atoms with Crippen LogP contribution in [0.3, 0.4) is 0 Å². The Hall–Kier alpha value is -0.980. The number of benzene rings is 1. The summed E-state index contributed by atoms with van der Waals surface area (Å²) in [5, 5.41) is 0. The Morgan fingerprint density at radius 3 is 2.60 bits per heavy atom. The van der Waals surface area contributed by atoms with Gasteiger partial charge in [-0.2, -0.15) is 0 Å². The summed E-state index contributed by atoms with van der Waals surface area (Å²) in [4.78, 5) is 0. The molecule has 81 valence electrons. The second kappa shape index (κ2) is 4.26. The maximum atomic E-state index is 5.54.